The van der Waals surface area contributed by atoms with Crippen LogP contribution >= 0.6 is 0 Å². The number of pyridine rings is 1. The lowest BCUT2D eigenvalue weighted by molar-refractivity contribution is 0.180. The highest BCUT2D eigenvalue weighted by Crippen LogP contribution is 2.16. The fraction of sp³-hybridized carbons (Fsp3) is 0.583. The van der Waals surface area contributed by atoms with Crippen molar-refractivity contribution < 1.29 is 4.74 Å². The molecular formula is C12H20N4O. The average molecular weight is 236 g/mol. The number of aromatic nitrogens is 1. The summed E-state index contributed by atoms with van der Waals surface area (Å²) in [5.41, 5.74) is 11.7. The number of hydrogen-bond donors (Lipinski definition) is 2. The zero-order valence-electron chi connectivity index (χ0n) is 10.1. The number of likely N-dealkylation sites (tertiary alicyclic amines) is 1. The lowest BCUT2D eigenvalue weighted by atomic mass is 10.1. The summed E-state index contributed by atoms with van der Waals surface area (Å²) in [6.45, 7) is 3.96. The number of nitrogens with zero attached hydrogens (tertiary/aromatic N) is 2. The molecule has 0 unspecified atom stereocenters. The van der Waals surface area contributed by atoms with Gasteiger partial charge in [0.05, 0.1) is 5.69 Å². The molecule has 5 heteroatoms. The zero-order valence-corrected chi connectivity index (χ0v) is 10.1. The van der Waals surface area contributed by atoms with Gasteiger partial charge in [0.1, 0.15) is 6.61 Å². The van der Waals surface area contributed by atoms with E-state index in [1.165, 1.54) is 32.4 Å². The minimum atomic E-state index is 0.334. The largest absolute Gasteiger partial charge is 0.476 e. The van der Waals surface area contributed by atoms with Crippen LogP contribution in [0.4, 0.5) is 11.5 Å². The Morgan fingerprint density at radius 2 is 1.94 bits per heavy atom. The molecule has 0 spiro atoms. The SMILES string of the molecule is Nc1ccc(OCCN2CCCCC2)nc1N. The topological polar surface area (TPSA) is 77.4 Å². The minimum absolute atomic E-state index is 0.334. The molecule has 5 nitrogen and oxygen atoms in total. The summed E-state index contributed by atoms with van der Waals surface area (Å²) in [6, 6.07) is 3.47. The van der Waals surface area contributed by atoms with Crippen LogP contribution in [0, 0.1) is 0 Å². The maximum absolute atomic E-state index is 5.61. The number of nitrogens with two attached hydrogens (primary N) is 2. The third-order valence-corrected chi connectivity index (χ3v) is 3.04. The van der Waals surface area contributed by atoms with Gasteiger partial charge in [0.2, 0.25) is 5.88 Å². The molecule has 1 aliphatic heterocycles. The first kappa shape index (κ1) is 12.0. The van der Waals surface area contributed by atoms with Crippen LogP contribution in [0.1, 0.15) is 19.3 Å². The van der Waals surface area contributed by atoms with E-state index in [2.05, 4.69) is 9.88 Å². The van der Waals surface area contributed by atoms with Gasteiger partial charge in [-0.3, -0.25) is 4.90 Å². The molecule has 1 aromatic rings. The number of nitrogen functional groups attached to an aromatic ring is 2. The van der Waals surface area contributed by atoms with Crippen molar-refractivity contribution in [3.8, 4) is 5.88 Å². The lowest BCUT2D eigenvalue weighted by Crippen LogP contribution is -2.33. The third-order valence-electron chi connectivity index (χ3n) is 3.04. The van der Waals surface area contributed by atoms with Crippen molar-refractivity contribution in [1.82, 2.24) is 9.88 Å². The first-order valence-electron chi connectivity index (χ1n) is 6.13. The molecule has 0 bridgehead atoms. The summed E-state index contributed by atoms with van der Waals surface area (Å²) < 4.78 is 5.56. The van der Waals surface area contributed by atoms with Crippen LogP contribution in [0.25, 0.3) is 0 Å². The van der Waals surface area contributed by atoms with Crippen molar-refractivity contribution in [1.29, 1.82) is 0 Å². The molecule has 1 aromatic heterocycles. The average Bonchev–Trinajstić information content (AvgIpc) is 2.35. The van der Waals surface area contributed by atoms with Crippen molar-refractivity contribution in [3.63, 3.8) is 0 Å². The van der Waals surface area contributed by atoms with Crippen LogP contribution in [0.5, 0.6) is 5.88 Å². The number of rotatable bonds is 4. The molecule has 1 aliphatic rings. The molecule has 0 aliphatic carbocycles. The van der Waals surface area contributed by atoms with E-state index in [9.17, 15) is 0 Å². The fourth-order valence-corrected chi connectivity index (χ4v) is 2.01. The van der Waals surface area contributed by atoms with E-state index in [1.54, 1.807) is 12.1 Å². The highest BCUT2D eigenvalue weighted by atomic mass is 16.5. The van der Waals surface area contributed by atoms with Crippen LogP contribution in [0.3, 0.4) is 0 Å². The summed E-state index contributed by atoms with van der Waals surface area (Å²) in [6.07, 6.45) is 3.95. The molecule has 1 saturated heterocycles. The molecule has 2 rings (SSSR count). The molecule has 17 heavy (non-hydrogen) atoms. The van der Waals surface area contributed by atoms with E-state index >= 15 is 0 Å². The summed E-state index contributed by atoms with van der Waals surface area (Å²) in [5.74, 6) is 0.884. The Balaban J connectivity index is 1.75. The van der Waals surface area contributed by atoms with Crippen LogP contribution in [-0.2, 0) is 0 Å². The van der Waals surface area contributed by atoms with Gasteiger partial charge in [-0.2, -0.15) is 4.98 Å². The molecule has 2 heterocycles. The van der Waals surface area contributed by atoms with Crippen LogP contribution in [-0.4, -0.2) is 36.1 Å². The quantitative estimate of drug-likeness (QED) is 0.819. The van der Waals surface area contributed by atoms with Crippen molar-refractivity contribution >= 4 is 11.5 Å². The highest BCUT2D eigenvalue weighted by Gasteiger charge is 2.09. The van der Waals surface area contributed by atoms with Crippen LogP contribution < -0.4 is 16.2 Å². The Morgan fingerprint density at radius 1 is 1.18 bits per heavy atom. The van der Waals surface area contributed by atoms with Gasteiger partial charge in [0, 0.05) is 12.6 Å². The second-order valence-corrected chi connectivity index (χ2v) is 4.37. The smallest absolute Gasteiger partial charge is 0.215 e. The monoisotopic (exact) mass is 236 g/mol. The van der Waals surface area contributed by atoms with Gasteiger partial charge in [-0.15, -0.1) is 0 Å². The maximum Gasteiger partial charge on any atom is 0.215 e. The second-order valence-electron chi connectivity index (χ2n) is 4.37. The van der Waals surface area contributed by atoms with E-state index in [4.69, 9.17) is 16.2 Å². The van der Waals surface area contributed by atoms with Gasteiger partial charge in [-0.25, -0.2) is 0 Å². The van der Waals surface area contributed by atoms with Gasteiger partial charge >= 0.3 is 0 Å². The number of anilines is 2. The second kappa shape index (κ2) is 5.72. The molecule has 0 aromatic carbocycles. The molecule has 0 saturated carbocycles. The summed E-state index contributed by atoms with van der Waals surface area (Å²) in [4.78, 5) is 6.49. The Labute approximate surface area is 102 Å². The van der Waals surface area contributed by atoms with E-state index in [1.807, 2.05) is 0 Å². The fourth-order valence-electron chi connectivity index (χ4n) is 2.01. The Bertz CT molecular complexity index is 364. The van der Waals surface area contributed by atoms with Crippen molar-refractivity contribution in [2.45, 2.75) is 19.3 Å². The predicted molar refractivity (Wildman–Crippen MR) is 68.8 cm³/mol. The Hall–Kier alpha value is -1.49. The number of ether oxygens (including phenoxy) is 1. The molecule has 1 fully saturated rings. The molecule has 4 N–H and O–H groups in total. The van der Waals surface area contributed by atoms with Gasteiger partial charge in [-0.1, -0.05) is 6.42 Å². The normalized spacial score (nSPS) is 16.9. The standard InChI is InChI=1S/C12H20N4O/c13-10-4-5-11(15-12(10)14)17-9-8-16-6-2-1-3-7-16/h4-5H,1-3,6-9,13H2,(H2,14,15). The molecular weight excluding hydrogens is 216 g/mol. The summed E-state index contributed by atoms with van der Waals surface area (Å²) in [7, 11) is 0. The van der Waals surface area contributed by atoms with Crippen LogP contribution in [0.2, 0.25) is 0 Å². The number of hydrogen-bond acceptors (Lipinski definition) is 5. The van der Waals surface area contributed by atoms with Crippen molar-refractivity contribution in [2.75, 3.05) is 37.7 Å². The van der Waals surface area contributed by atoms with Crippen LogP contribution in [0.15, 0.2) is 12.1 Å². The van der Waals surface area contributed by atoms with Gasteiger partial charge in [-0.05, 0) is 32.0 Å². The molecule has 0 atom stereocenters. The van der Waals surface area contributed by atoms with Gasteiger partial charge in [0.15, 0.2) is 5.82 Å². The first-order valence-corrected chi connectivity index (χ1v) is 6.13. The van der Waals surface area contributed by atoms with Crippen molar-refractivity contribution in [3.05, 3.63) is 12.1 Å². The highest BCUT2D eigenvalue weighted by molar-refractivity contribution is 5.58. The maximum atomic E-state index is 5.61. The molecule has 0 amide bonds. The summed E-state index contributed by atoms with van der Waals surface area (Å²) in [5, 5.41) is 0. The van der Waals surface area contributed by atoms with E-state index in [0.29, 0.717) is 24.0 Å². The van der Waals surface area contributed by atoms with Gasteiger partial charge in [0.25, 0.3) is 0 Å². The first-order chi connectivity index (χ1) is 8.25. The molecule has 0 radical (unpaired) electrons. The predicted octanol–water partition coefficient (Wildman–Crippen LogP) is 1.11. The summed E-state index contributed by atoms with van der Waals surface area (Å²) >= 11 is 0. The third kappa shape index (κ3) is 3.49. The van der Waals surface area contributed by atoms with E-state index < -0.39 is 0 Å². The Morgan fingerprint density at radius 3 is 2.65 bits per heavy atom. The Kier molecular flexibility index (Phi) is 4.03. The van der Waals surface area contributed by atoms with Crippen molar-refractivity contribution in [2.24, 2.45) is 0 Å². The lowest BCUT2D eigenvalue weighted by Gasteiger charge is -2.26. The number of piperidine rings is 1. The minimum Gasteiger partial charge on any atom is -0.476 e. The zero-order chi connectivity index (χ0) is 12.1. The molecule has 94 valence electrons. The van der Waals surface area contributed by atoms with E-state index in [-0.39, 0.29) is 0 Å². The van der Waals surface area contributed by atoms with Gasteiger partial charge < -0.3 is 16.2 Å². The van der Waals surface area contributed by atoms with E-state index in [0.717, 1.165) is 6.54 Å².